The van der Waals surface area contributed by atoms with E-state index in [1.807, 2.05) is 0 Å². The maximum atomic E-state index is 2.41. The molecular formula is C14H16. The van der Waals surface area contributed by atoms with Crippen molar-refractivity contribution < 1.29 is 0 Å². The summed E-state index contributed by atoms with van der Waals surface area (Å²) < 4.78 is 0. The van der Waals surface area contributed by atoms with Crippen LogP contribution in [0, 0.1) is 0 Å². The Morgan fingerprint density at radius 3 is 3.07 bits per heavy atom. The standard InChI is InChI=1S/C14H16/c1-10-8-9-12-5-2-4-11-6-3-7-13(10)14(11)12/h2-3,5-7,10,12H,4,8-9H2,1H3. The summed E-state index contributed by atoms with van der Waals surface area (Å²) in [5.41, 5.74) is 4.85. The van der Waals surface area contributed by atoms with E-state index in [1.54, 1.807) is 16.7 Å². The molecule has 1 aromatic rings. The van der Waals surface area contributed by atoms with Crippen LogP contribution >= 0.6 is 0 Å². The monoisotopic (exact) mass is 184 g/mol. The zero-order valence-electron chi connectivity index (χ0n) is 8.66. The first-order valence-electron chi connectivity index (χ1n) is 5.64. The fourth-order valence-electron chi connectivity index (χ4n) is 2.97. The minimum Gasteiger partial charge on any atom is -0.0835 e. The molecule has 72 valence electrons. The predicted octanol–water partition coefficient (Wildman–Crippen LogP) is 3.78. The van der Waals surface area contributed by atoms with Gasteiger partial charge in [-0.2, -0.15) is 0 Å². The van der Waals surface area contributed by atoms with Gasteiger partial charge in [-0.25, -0.2) is 0 Å². The molecule has 2 aliphatic carbocycles. The largest absolute Gasteiger partial charge is 0.0835 e. The van der Waals surface area contributed by atoms with Crippen molar-refractivity contribution in [3.8, 4) is 0 Å². The van der Waals surface area contributed by atoms with Crippen molar-refractivity contribution in [2.24, 2.45) is 0 Å². The lowest BCUT2D eigenvalue weighted by Gasteiger charge is -2.32. The van der Waals surface area contributed by atoms with E-state index in [0.29, 0.717) is 0 Å². The van der Waals surface area contributed by atoms with Crippen LogP contribution in [0.1, 0.15) is 48.3 Å². The fraction of sp³-hybridized carbons (Fsp3) is 0.429. The second-order valence-corrected chi connectivity index (χ2v) is 4.64. The van der Waals surface area contributed by atoms with Gasteiger partial charge in [0, 0.05) is 5.92 Å². The lowest BCUT2D eigenvalue weighted by atomic mass is 9.73. The second-order valence-electron chi connectivity index (χ2n) is 4.64. The highest BCUT2D eigenvalue weighted by atomic mass is 14.3. The van der Waals surface area contributed by atoms with Crippen molar-refractivity contribution in [1.82, 2.24) is 0 Å². The van der Waals surface area contributed by atoms with Gasteiger partial charge in [0.25, 0.3) is 0 Å². The first-order valence-corrected chi connectivity index (χ1v) is 5.64. The Morgan fingerprint density at radius 2 is 2.14 bits per heavy atom. The zero-order chi connectivity index (χ0) is 9.54. The Morgan fingerprint density at radius 1 is 1.21 bits per heavy atom. The molecule has 0 saturated carbocycles. The molecule has 2 unspecified atom stereocenters. The van der Waals surface area contributed by atoms with Gasteiger partial charge in [-0.1, -0.05) is 37.3 Å². The van der Waals surface area contributed by atoms with Crippen LogP contribution in [0.2, 0.25) is 0 Å². The third-order valence-electron chi connectivity index (χ3n) is 3.75. The van der Waals surface area contributed by atoms with Gasteiger partial charge in [0.1, 0.15) is 0 Å². The fourth-order valence-corrected chi connectivity index (χ4v) is 2.97. The molecule has 0 heterocycles. The highest BCUT2D eigenvalue weighted by molar-refractivity contribution is 5.46. The molecule has 0 aromatic heterocycles. The molecule has 14 heavy (non-hydrogen) atoms. The van der Waals surface area contributed by atoms with Gasteiger partial charge in [0.2, 0.25) is 0 Å². The summed E-state index contributed by atoms with van der Waals surface area (Å²) in [7, 11) is 0. The summed E-state index contributed by atoms with van der Waals surface area (Å²) in [6, 6.07) is 6.86. The van der Waals surface area contributed by atoms with Crippen LogP contribution in [-0.4, -0.2) is 0 Å². The molecule has 0 amide bonds. The van der Waals surface area contributed by atoms with Crippen molar-refractivity contribution in [1.29, 1.82) is 0 Å². The van der Waals surface area contributed by atoms with Crippen LogP contribution in [-0.2, 0) is 6.42 Å². The summed E-state index contributed by atoms with van der Waals surface area (Å²) in [6.07, 6.45) is 8.60. The second kappa shape index (κ2) is 2.98. The van der Waals surface area contributed by atoms with Crippen LogP contribution < -0.4 is 0 Å². The van der Waals surface area contributed by atoms with E-state index in [1.165, 1.54) is 12.8 Å². The molecule has 0 spiro atoms. The van der Waals surface area contributed by atoms with Crippen LogP contribution in [0.5, 0.6) is 0 Å². The Bertz CT molecular complexity index is 387. The van der Waals surface area contributed by atoms with Gasteiger partial charge in [-0.3, -0.25) is 0 Å². The van der Waals surface area contributed by atoms with E-state index < -0.39 is 0 Å². The van der Waals surface area contributed by atoms with E-state index in [9.17, 15) is 0 Å². The van der Waals surface area contributed by atoms with Crippen LogP contribution in [0.3, 0.4) is 0 Å². The zero-order valence-corrected chi connectivity index (χ0v) is 8.66. The van der Waals surface area contributed by atoms with Crippen molar-refractivity contribution in [2.75, 3.05) is 0 Å². The summed E-state index contributed by atoms with van der Waals surface area (Å²) >= 11 is 0. The minimum absolute atomic E-state index is 0.728. The van der Waals surface area contributed by atoms with Crippen LogP contribution in [0.15, 0.2) is 30.4 Å². The van der Waals surface area contributed by atoms with Crippen molar-refractivity contribution in [2.45, 2.75) is 38.0 Å². The van der Waals surface area contributed by atoms with E-state index >= 15 is 0 Å². The number of benzene rings is 1. The summed E-state index contributed by atoms with van der Waals surface area (Å²) in [6.45, 7) is 2.37. The summed E-state index contributed by atoms with van der Waals surface area (Å²) in [4.78, 5) is 0. The van der Waals surface area contributed by atoms with Gasteiger partial charge in [0.15, 0.2) is 0 Å². The van der Waals surface area contributed by atoms with E-state index in [-0.39, 0.29) is 0 Å². The molecule has 0 N–H and O–H groups in total. The van der Waals surface area contributed by atoms with E-state index in [2.05, 4.69) is 37.3 Å². The van der Waals surface area contributed by atoms with Gasteiger partial charge >= 0.3 is 0 Å². The SMILES string of the molecule is CC1CCC2C=CCc3cccc1c32. The Labute approximate surface area is 85.6 Å². The molecule has 0 aliphatic heterocycles. The van der Waals surface area contributed by atoms with E-state index in [0.717, 1.165) is 18.3 Å². The normalized spacial score (nSPS) is 28.6. The summed E-state index contributed by atoms with van der Waals surface area (Å²) in [5.74, 6) is 1.50. The Balaban J connectivity index is 2.22. The third kappa shape index (κ3) is 1.06. The number of allylic oxidation sites excluding steroid dienone is 2. The summed E-state index contributed by atoms with van der Waals surface area (Å²) in [5, 5.41) is 0. The molecule has 0 nitrogen and oxygen atoms in total. The molecule has 0 heteroatoms. The highest BCUT2D eigenvalue weighted by Gasteiger charge is 2.26. The van der Waals surface area contributed by atoms with Crippen molar-refractivity contribution in [3.05, 3.63) is 47.0 Å². The number of hydrogen-bond acceptors (Lipinski definition) is 0. The number of hydrogen-bond donors (Lipinski definition) is 0. The molecule has 1 aromatic carbocycles. The first kappa shape index (κ1) is 8.28. The third-order valence-corrected chi connectivity index (χ3v) is 3.75. The van der Waals surface area contributed by atoms with E-state index in [4.69, 9.17) is 0 Å². The molecule has 2 aliphatic rings. The van der Waals surface area contributed by atoms with Crippen LogP contribution in [0.25, 0.3) is 0 Å². The molecular weight excluding hydrogens is 168 g/mol. The predicted molar refractivity (Wildman–Crippen MR) is 59.7 cm³/mol. The molecule has 2 atom stereocenters. The highest BCUT2D eigenvalue weighted by Crippen LogP contribution is 2.42. The average molecular weight is 184 g/mol. The van der Waals surface area contributed by atoms with Crippen molar-refractivity contribution in [3.63, 3.8) is 0 Å². The van der Waals surface area contributed by atoms with Gasteiger partial charge < -0.3 is 0 Å². The van der Waals surface area contributed by atoms with Crippen LogP contribution in [0.4, 0.5) is 0 Å². The maximum absolute atomic E-state index is 2.41. The van der Waals surface area contributed by atoms with Gasteiger partial charge in [-0.15, -0.1) is 0 Å². The molecule has 0 fully saturated rings. The lowest BCUT2D eigenvalue weighted by molar-refractivity contribution is 0.546. The lowest BCUT2D eigenvalue weighted by Crippen LogP contribution is -2.15. The molecule has 0 bridgehead atoms. The van der Waals surface area contributed by atoms with Gasteiger partial charge in [-0.05, 0) is 41.9 Å². The molecule has 0 saturated heterocycles. The number of rotatable bonds is 0. The topological polar surface area (TPSA) is 0 Å². The molecule has 0 radical (unpaired) electrons. The smallest absolute Gasteiger partial charge is 0.00239 e. The van der Waals surface area contributed by atoms with Crippen molar-refractivity contribution >= 4 is 0 Å². The Kier molecular flexibility index (Phi) is 1.76. The minimum atomic E-state index is 0.728. The molecule has 3 rings (SSSR count). The maximum Gasteiger partial charge on any atom is 0.00239 e. The Hall–Kier alpha value is -1.04. The quantitative estimate of drug-likeness (QED) is 0.538. The average Bonchev–Trinajstić information content (AvgIpc) is 2.24. The first-order chi connectivity index (χ1) is 6.86. The van der Waals surface area contributed by atoms with Gasteiger partial charge in [0.05, 0.1) is 0 Å².